The Kier molecular flexibility index (Phi) is 2.92. The van der Waals surface area contributed by atoms with E-state index in [0.29, 0.717) is 6.61 Å². The van der Waals surface area contributed by atoms with Crippen LogP contribution in [0.15, 0.2) is 12.1 Å². The molecule has 0 N–H and O–H groups in total. The minimum absolute atomic E-state index is 0.686. The first-order valence-corrected chi connectivity index (χ1v) is 6.29. The van der Waals surface area contributed by atoms with E-state index < -0.39 is 0 Å². The van der Waals surface area contributed by atoms with Crippen LogP contribution < -0.4 is 4.74 Å². The average Bonchev–Trinajstić information content (AvgIpc) is 2.45. The Balaban J connectivity index is 2.66. The first-order chi connectivity index (χ1) is 6.70. The van der Waals surface area contributed by atoms with Crippen LogP contribution in [0.4, 0.5) is 0 Å². The molecule has 1 aromatic heterocycles. The van der Waals surface area contributed by atoms with Crippen molar-refractivity contribution in [1.29, 1.82) is 0 Å². The highest BCUT2D eigenvalue weighted by Crippen LogP contribution is 2.31. The minimum Gasteiger partial charge on any atom is -0.492 e. The van der Waals surface area contributed by atoms with E-state index in [9.17, 15) is 0 Å². The summed E-state index contributed by atoms with van der Waals surface area (Å²) in [7, 11) is 0. The zero-order valence-corrected chi connectivity index (χ0v) is 11.0. The van der Waals surface area contributed by atoms with Gasteiger partial charge < -0.3 is 4.74 Å². The maximum Gasteiger partial charge on any atom is 0.147 e. The molecule has 2 rings (SSSR count). The molecule has 1 aromatic carbocycles. The number of benzene rings is 1. The quantitative estimate of drug-likeness (QED) is 0.789. The molecule has 0 atom stereocenters. The molecule has 0 aliphatic carbocycles. The Morgan fingerprint density at radius 2 is 2.29 bits per heavy atom. The van der Waals surface area contributed by atoms with Gasteiger partial charge >= 0.3 is 0 Å². The topological polar surface area (TPSA) is 22.1 Å². The van der Waals surface area contributed by atoms with Gasteiger partial charge in [0.15, 0.2) is 0 Å². The Labute approximate surface area is 100 Å². The van der Waals surface area contributed by atoms with Crippen LogP contribution in [0.2, 0.25) is 0 Å². The van der Waals surface area contributed by atoms with Gasteiger partial charge in [0.1, 0.15) is 11.3 Å². The second kappa shape index (κ2) is 4.02. The Morgan fingerprint density at radius 3 is 3.00 bits per heavy atom. The summed E-state index contributed by atoms with van der Waals surface area (Å²) in [6.45, 7) is 4.70. The van der Waals surface area contributed by atoms with E-state index in [4.69, 9.17) is 4.74 Å². The van der Waals surface area contributed by atoms with Crippen molar-refractivity contribution in [2.75, 3.05) is 6.61 Å². The van der Waals surface area contributed by atoms with Gasteiger partial charge in [-0.05, 0) is 48.6 Å². The second-order valence-electron chi connectivity index (χ2n) is 2.92. The standard InChI is InChI=1S/C10H10INOS/c1-3-13-8-4-7(11)5-9-10(8)12-6(2)14-9/h4-5H,3H2,1-2H3. The molecule has 0 amide bonds. The lowest BCUT2D eigenvalue weighted by atomic mass is 10.3. The molecule has 0 fully saturated rings. The average molecular weight is 319 g/mol. The SMILES string of the molecule is CCOc1cc(I)cc2sc(C)nc12. The molecule has 0 saturated carbocycles. The summed E-state index contributed by atoms with van der Waals surface area (Å²) in [4.78, 5) is 4.46. The zero-order chi connectivity index (χ0) is 10.1. The predicted octanol–water partition coefficient (Wildman–Crippen LogP) is 3.61. The Hall–Kier alpha value is -0.360. The molecule has 74 valence electrons. The molecule has 2 nitrogen and oxygen atoms in total. The first kappa shape index (κ1) is 10.2. The molecule has 0 aliphatic rings. The molecule has 0 aliphatic heterocycles. The van der Waals surface area contributed by atoms with Crippen LogP contribution in [-0.2, 0) is 0 Å². The lowest BCUT2D eigenvalue weighted by Gasteiger charge is -2.03. The molecule has 14 heavy (non-hydrogen) atoms. The summed E-state index contributed by atoms with van der Waals surface area (Å²) in [6, 6.07) is 4.18. The van der Waals surface area contributed by atoms with Crippen molar-refractivity contribution in [3.8, 4) is 5.75 Å². The van der Waals surface area contributed by atoms with Gasteiger partial charge in [-0.15, -0.1) is 11.3 Å². The third-order valence-corrected chi connectivity index (χ3v) is 3.37. The number of hydrogen-bond donors (Lipinski definition) is 0. The van der Waals surface area contributed by atoms with Gasteiger partial charge in [0, 0.05) is 3.57 Å². The van der Waals surface area contributed by atoms with Gasteiger partial charge in [-0.3, -0.25) is 0 Å². The fourth-order valence-electron chi connectivity index (χ4n) is 1.34. The molecular weight excluding hydrogens is 309 g/mol. The van der Waals surface area contributed by atoms with E-state index in [1.54, 1.807) is 11.3 Å². The summed E-state index contributed by atoms with van der Waals surface area (Å²) >= 11 is 4.01. The summed E-state index contributed by atoms with van der Waals surface area (Å²) in [5.74, 6) is 0.902. The molecule has 0 unspecified atom stereocenters. The molecule has 4 heteroatoms. The molecule has 0 spiro atoms. The minimum atomic E-state index is 0.686. The predicted molar refractivity (Wildman–Crippen MR) is 68.2 cm³/mol. The maximum atomic E-state index is 5.55. The number of nitrogens with zero attached hydrogens (tertiary/aromatic N) is 1. The fraction of sp³-hybridized carbons (Fsp3) is 0.300. The van der Waals surface area contributed by atoms with Crippen molar-refractivity contribution in [2.45, 2.75) is 13.8 Å². The van der Waals surface area contributed by atoms with E-state index in [-0.39, 0.29) is 0 Å². The zero-order valence-electron chi connectivity index (χ0n) is 8.00. The van der Waals surface area contributed by atoms with Gasteiger partial charge in [0.25, 0.3) is 0 Å². The highest BCUT2D eigenvalue weighted by atomic mass is 127. The molecular formula is C10H10INOS. The molecule has 2 aromatic rings. The number of halogens is 1. The van der Waals surface area contributed by atoms with Gasteiger partial charge in [0.05, 0.1) is 16.3 Å². The molecule has 0 bridgehead atoms. The van der Waals surface area contributed by atoms with Crippen LogP contribution in [-0.4, -0.2) is 11.6 Å². The van der Waals surface area contributed by atoms with Gasteiger partial charge in [-0.1, -0.05) is 0 Å². The fourth-order valence-corrected chi connectivity index (χ4v) is 3.03. The lowest BCUT2D eigenvalue weighted by Crippen LogP contribution is -1.92. The number of fused-ring (bicyclic) bond motifs is 1. The molecule has 0 radical (unpaired) electrons. The van der Waals surface area contributed by atoms with Gasteiger partial charge in [-0.2, -0.15) is 0 Å². The van der Waals surface area contributed by atoms with Crippen molar-refractivity contribution in [1.82, 2.24) is 4.98 Å². The van der Waals surface area contributed by atoms with Crippen molar-refractivity contribution >= 4 is 44.1 Å². The van der Waals surface area contributed by atoms with Crippen molar-refractivity contribution in [3.05, 3.63) is 20.7 Å². The largest absolute Gasteiger partial charge is 0.492 e. The van der Waals surface area contributed by atoms with Gasteiger partial charge in [-0.25, -0.2) is 4.98 Å². The second-order valence-corrected chi connectivity index (χ2v) is 5.40. The Morgan fingerprint density at radius 1 is 1.50 bits per heavy atom. The normalized spacial score (nSPS) is 10.8. The van der Waals surface area contributed by atoms with Gasteiger partial charge in [0.2, 0.25) is 0 Å². The molecule has 0 saturated heterocycles. The molecule has 1 heterocycles. The highest BCUT2D eigenvalue weighted by molar-refractivity contribution is 14.1. The first-order valence-electron chi connectivity index (χ1n) is 4.40. The van der Waals surface area contributed by atoms with Crippen LogP contribution >= 0.6 is 33.9 Å². The van der Waals surface area contributed by atoms with E-state index in [1.165, 1.54) is 8.27 Å². The lowest BCUT2D eigenvalue weighted by molar-refractivity contribution is 0.343. The van der Waals surface area contributed by atoms with E-state index in [0.717, 1.165) is 16.3 Å². The third kappa shape index (κ3) is 1.86. The third-order valence-electron chi connectivity index (χ3n) is 1.83. The number of rotatable bonds is 2. The van der Waals surface area contributed by atoms with Crippen molar-refractivity contribution < 1.29 is 4.74 Å². The van der Waals surface area contributed by atoms with E-state index in [2.05, 4.69) is 33.6 Å². The van der Waals surface area contributed by atoms with E-state index in [1.807, 2.05) is 19.9 Å². The smallest absolute Gasteiger partial charge is 0.147 e. The number of thiazole rings is 1. The van der Waals surface area contributed by atoms with Crippen LogP contribution in [0.3, 0.4) is 0 Å². The summed E-state index contributed by atoms with van der Waals surface area (Å²) in [5, 5.41) is 1.09. The van der Waals surface area contributed by atoms with Crippen LogP contribution in [0.25, 0.3) is 10.2 Å². The highest BCUT2D eigenvalue weighted by Gasteiger charge is 2.08. The van der Waals surface area contributed by atoms with Crippen molar-refractivity contribution in [2.24, 2.45) is 0 Å². The van der Waals surface area contributed by atoms with Crippen molar-refractivity contribution in [3.63, 3.8) is 0 Å². The summed E-state index contributed by atoms with van der Waals surface area (Å²) < 4.78 is 7.96. The van der Waals surface area contributed by atoms with Crippen LogP contribution in [0.1, 0.15) is 11.9 Å². The number of hydrogen-bond acceptors (Lipinski definition) is 3. The number of aryl methyl sites for hydroxylation is 1. The monoisotopic (exact) mass is 319 g/mol. The van der Waals surface area contributed by atoms with E-state index >= 15 is 0 Å². The van der Waals surface area contributed by atoms with Crippen LogP contribution in [0, 0.1) is 10.5 Å². The maximum absolute atomic E-state index is 5.55. The summed E-state index contributed by atoms with van der Waals surface area (Å²) in [5.41, 5.74) is 0.995. The van der Waals surface area contributed by atoms with Crippen LogP contribution in [0.5, 0.6) is 5.75 Å². The summed E-state index contributed by atoms with van der Waals surface area (Å²) in [6.07, 6.45) is 0. The Bertz CT molecular complexity index is 466. The number of aromatic nitrogens is 1. The number of ether oxygens (including phenoxy) is 1.